The van der Waals surface area contributed by atoms with Gasteiger partial charge in [-0.3, -0.25) is 0 Å². The average molecular weight is 241 g/mol. The van der Waals surface area contributed by atoms with E-state index in [-0.39, 0.29) is 0 Å². The zero-order valence-corrected chi connectivity index (χ0v) is 10.4. The normalized spacial score (nSPS) is 23.9. The van der Waals surface area contributed by atoms with Crippen LogP contribution in [0.5, 0.6) is 0 Å². The van der Waals surface area contributed by atoms with E-state index in [2.05, 4.69) is 10.3 Å². The minimum absolute atomic E-state index is 0.416. The lowest BCUT2D eigenvalue weighted by Crippen LogP contribution is -2.40. The van der Waals surface area contributed by atoms with Gasteiger partial charge in [0.2, 0.25) is 0 Å². The highest BCUT2D eigenvalue weighted by molar-refractivity contribution is 6.31. The number of hydrogen-bond donors (Lipinski definition) is 1. The van der Waals surface area contributed by atoms with Crippen molar-refractivity contribution in [1.82, 2.24) is 4.98 Å². The maximum atomic E-state index is 6.01. The van der Waals surface area contributed by atoms with Gasteiger partial charge in [-0.25, -0.2) is 4.98 Å². The van der Waals surface area contributed by atoms with Gasteiger partial charge in [0, 0.05) is 18.8 Å². The van der Waals surface area contributed by atoms with E-state index in [1.807, 2.05) is 19.9 Å². The first-order chi connectivity index (χ1) is 7.69. The van der Waals surface area contributed by atoms with E-state index in [9.17, 15) is 0 Å². The number of anilines is 1. The molecule has 1 heterocycles. The van der Waals surface area contributed by atoms with E-state index in [0.29, 0.717) is 17.3 Å². The Morgan fingerprint density at radius 1 is 1.56 bits per heavy atom. The fraction of sp³-hybridized carbons (Fsp3) is 0.583. The van der Waals surface area contributed by atoms with E-state index in [0.717, 1.165) is 30.7 Å². The minimum atomic E-state index is 0.416. The van der Waals surface area contributed by atoms with E-state index in [1.165, 1.54) is 0 Å². The number of halogens is 1. The lowest BCUT2D eigenvalue weighted by molar-refractivity contribution is 0.00299. The summed E-state index contributed by atoms with van der Waals surface area (Å²) in [6, 6.07) is 2.50. The largest absolute Gasteiger partial charge is 0.380 e. The Labute approximate surface area is 101 Å². The summed E-state index contributed by atoms with van der Waals surface area (Å²) in [4.78, 5) is 4.12. The molecule has 0 bridgehead atoms. The van der Waals surface area contributed by atoms with Crippen molar-refractivity contribution in [3.8, 4) is 0 Å². The Morgan fingerprint density at radius 3 is 3.00 bits per heavy atom. The Bertz CT molecular complexity index is 364. The SMILES string of the molecule is CCOC1CC(Nc2cc(C)cnc2Cl)C1. The number of pyridine rings is 1. The summed E-state index contributed by atoms with van der Waals surface area (Å²) >= 11 is 6.01. The molecular formula is C12H17ClN2O. The highest BCUT2D eigenvalue weighted by Gasteiger charge is 2.29. The van der Waals surface area contributed by atoms with Crippen LogP contribution in [0.3, 0.4) is 0 Å². The zero-order valence-electron chi connectivity index (χ0n) is 9.66. The molecule has 1 aliphatic carbocycles. The number of aromatic nitrogens is 1. The number of hydrogen-bond acceptors (Lipinski definition) is 3. The molecular weight excluding hydrogens is 224 g/mol. The Balaban J connectivity index is 1.89. The molecule has 1 aliphatic rings. The molecule has 88 valence electrons. The Kier molecular flexibility index (Phi) is 3.66. The van der Waals surface area contributed by atoms with Crippen LogP contribution in [0.25, 0.3) is 0 Å². The first-order valence-corrected chi connectivity index (χ1v) is 6.07. The molecule has 0 aromatic carbocycles. The van der Waals surface area contributed by atoms with Gasteiger partial charge in [0.1, 0.15) is 0 Å². The standard InChI is InChI=1S/C12H17ClN2O/c1-3-16-10-5-9(6-10)15-11-4-8(2)7-14-12(11)13/h4,7,9-10,15H,3,5-6H2,1-2H3. The van der Waals surface area contributed by atoms with Gasteiger partial charge in [-0.05, 0) is 38.3 Å². The van der Waals surface area contributed by atoms with Crippen LogP contribution in [0.15, 0.2) is 12.3 Å². The molecule has 4 heteroatoms. The van der Waals surface area contributed by atoms with Gasteiger partial charge in [0.25, 0.3) is 0 Å². The molecule has 1 aromatic rings. The predicted octanol–water partition coefficient (Wildman–Crippen LogP) is 3.02. The van der Waals surface area contributed by atoms with Gasteiger partial charge < -0.3 is 10.1 Å². The first kappa shape index (κ1) is 11.7. The van der Waals surface area contributed by atoms with Gasteiger partial charge in [-0.15, -0.1) is 0 Å². The van der Waals surface area contributed by atoms with E-state index in [1.54, 1.807) is 6.20 Å². The molecule has 0 spiro atoms. The van der Waals surface area contributed by atoms with Crippen LogP contribution in [-0.2, 0) is 4.74 Å². The second-order valence-corrected chi connectivity index (χ2v) is 4.60. The smallest absolute Gasteiger partial charge is 0.152 e. The first-order valence-electron chi connectivity index (χ1n) is 5.69. The Hall–Kier alpha value is -0.800. The van der Waals surface area contributed by atoms with Crippen molar-refractivity contribution < 1.29 is 4.74 Å². The molecule has 3 nitrogen and oxygen atoms in total. The average Bonchev–Trinajstić information content (AvgIpc) is 2.20. The van der Waals surface area contributed by atoms with Crippen LogP contribution in [-0.4, -0.2) is 23.7 Å². The Morgan fingerprint density at radius 2 is 2.31 bits per heavy atom. The minimum Gasteiger partial charge on any atom is -0.380 e. The van der Waals surface area contributed by atoms with Gasteiger partial charge in [0.05, 0.1) is 11.8 Å². The highest BCUT2D eigenvalue weighted by Crippen LogP contribution is 2.29. The van der Waals surface area contributed by atoms with Crippen LogP contribution in [0.2, 0.25) is 5.15 Å². The monoisotopic (exact) mass is 240 g/mol. The van der Waals surface area contributed by atoms with Crippen molar-refractivity contribution in [2.24, 2.45) is 0 Å². The second-order valence-electron chi connectivity index (χ2n) is 4.24. The maximum absolute atomic E-state index is 6.01. The second kappa shape index (κ2) is 5.02. The summed E-state index contributed by atoms with van der Waals surface area (Å²) in [5, 5.41) is 3.95. The van der Waals surface area contributed by atoms with Gasteiger partial charge in [0.15, 0.2) is 5.15 Å². The van der Waals surface area contributed by atoms with Crippen molar-refractivity contribution in [1.29, 1.82) is 0 Å². The topological polar surface area (TPSA) is 34.1 Å². The van der Waals surface area contributed by atoms with Crippen molar-refractivity contribution in [2.45, 2.75) is 38.8 Å². The van der Waals surface area contributed by atoms with E-state index < -0.39 is 0 Å². The van der Waals surface area contributed by atoms with Crippen molar-refractivity contribution >= 4 is 17.3 Å². The molecule has 0 amide bonds. The summed E-state index contributed by atoms with van der Waals surface area (Å²) in [6.45, 7) is 4.84. The molecule has 0 atom stereocenters. The summed E-state index contributed by atoms with van der Waals surface area (Å²) in [7, 11) is 0. The van der Waals surface area contributed by atoms with Crippen LogP contribution in [0, 0.1) is 6.92 Å². The predicted molar refractivity (Wildman–Crippen MR) is 66.0 cm³/mol. The van der Waals surface area contributed by atoms with Crippen molar-refractivity contribution in [3.05, 3.63) is 23.0 Å². The molecule has 0 radical (unpaired) electrons. The van der Waals surface area contributed by atoms with Crippen molar-refractivity contribution in [2.75, 3.05) is 11.9 Å². The zero-order chi connectivity index (χ0) is 11.5. The molecule has 1 saturated carbocycles. The summed E-state index contributed by atoms with van der Waals surface area (Å²) in [5.41, 5.74) is 2.05. The molecule has 16 heavy (non-hydrogen) atoms. The van der Waals surface area contributed by atoms with Gasteiger partial charge in [-0.2, -0.15) is 0 Å². The lowest BCUT2D eigenvalue weighted by atomic mass is 9.89. The molecule has 1 fully saturated rings. The van der Waals surface area contributed by atoms with Crippen molar-refractivity contribution in [3.63, 3.8) is 0 Å². The number of ether oxygens (including phenoxy) is 1. The van der Waals surface area contributed by atoms with E-state index in [4.69, 9.17) is 16.3 Å². The number of nitrogens with one attached hydrogen (secondary N) is 1. The molecule has 1 aromatic heterocycles. The third kappa shape index (κ3) is 2.66. The summed E-state index contributed by atoms with van der Waals surface area (Å²) in [6.07, 6.45) is 4.30. The van der Waals surface area contributed by atoms with Crippen LogP contribution in [0.4, 0.5) is 5.69 Å². The molecule has 0 aliphatic heterocycles. The molecule has 0 saturated heterocycles. The fourth-order valence-electron chi connectivity index (χ4n) is 1.93. The molecule has 0 unspecified atom stereocenters. The summed E-state index contributed by atoms with van der Waals surface area (Å²) < 4.78 is 5.51. The summed E-state index contributed by atoms with van der Waals surface area (Å²) in [5.74, 6) is 0. The third-order valence-corrected chi connectivity index (χ3v) is 3.13. The molecule has 1 N–H and O–H groups in total. The quantitative estimate of drug-likeness (QED) is 0.822. The third-order valence-electron chi connectivity index (χ3n) is 2.83. The van der Waals surface area contributed by atoms with Gasteiger partial charge >= 0.3 is 0 Å². The lowest BCUT2D eigenvalue weighted by Gasteiger charge is -2.36. The van der Waals surface area contributed by atoms with Gasteiger partial charge in [-0.1, -0.05) is 11.6 Å². The number of nitrogens with zero attached hydrogens (tertiary/aromatic N) is 1. The van der Waals surface area contributed by atoms with Crippen LogP contribution < -0.4 is 5.32 Å². The van der Waals surface area contributed by atoms with E-state index >= 15 is 0 Å². The highest BCUT2D eigenvalue weighted by atomic mass is 35.5. The maximum Gasteiger partial charge on any atom is 0.152 e. The van der Waals surface area contributed by atoms with Crippen LogP contribution in [0.1, 0.15) is 25.3 Å². The van der Waals surface area contributed by atoms with Crippen LogP contribution >= 0.6 is 11.6 Å². The number of rotatable bonds is 4. The molecule has 2 rings (SSSR count). The fourth-order valence-corrected chi connectivity index (χ4v) is 2.09. The number of aryl methyl sites for hydroxylation is 1.